The number of hydrogen-bond donors (Lipinski definition) is 1. The molecule has 1 aromatic carbocycles. The number of aryl methyl sites for hydroxylation is 1. The van der Waals surface area contributed by atoms with E-state index < -0.39 is 0 Å². The summed E-state index contributed by atoms with van der Waals surface area (Å²) >= 11 is 0.625. The molecular weight excluding hydrogens is 379 g/mol. The second-order valence-corrected chi connectivity index (χ2v) is 8.66. The number of aromatic nitrogens is 3. The summed E-state index contributed by atoms with van der Waals surface area (Å²) in [4.78, 5) is 17.8. The van der Waals surface area contributed by atoms with Gasteiger partial charge in [0, 0.05) is 0 Å². The summed E-state index contributed by atoms with van der Waals surface area (Å²) in [5, 5.41) is 2.43. The number of nitrogen functional groups attached to an aromatic ring is 1. The van der Waals surface area contributed by atoms with Gasteiger partial charge in [-0.05, 0) is 0 Å². The maximum absolute atomic E-state index is 5.90. The molecule has 0 spiro atoms. The van der Waals surface area contributed by atoms with Crippen molar-refractivity contribution in [1.82, 2.24) is 19.9 Å². The summed E-state index contributed by atoms with van der Waals surface area (Å²) < 4.78 is 0. The molecule has 0 atom stereocenters. The van der Waals surface area contributed by atoms with Crippen molar-refractivity contribution in [3.63, 3.8) is 0 Å². The topological polar surface area (TPSA) is 71.2 Å². The van der Waals surface area contributed by atoms with Crippen molar-refractivity contribution in [2.24, 2.45) is 0 Å². The number of nitrogens with two attached hydrogens (primary N) is 1. The summed E-state index contributed by atoms with van der Waals surface area (Å²) in [5.41, 5.74) is 7.34. The number of nitrogens with zero attached hydrogens (tertiary/aromatic N) is 5. The van der Waals surface area contributed by atoms with Crippen LogP contribution in [0.15, 0.2) is 30.3 Å². The van der Waals surface area contributed by atoms with Crippen LogP contribution in [-0.2, 0) is 11.7 Å². The van der Waals surface area contributed by atoms with E-state index in [4.69, 9.17) is 5.73 Å². The van der Waals surface area contributed by atoms with Gasteiger partial charge in [0.25, 0.3) is 0 Å². The fourth-order valence-corrected chi connectivity index (χ4v) is 4.71. The van der Waals surface area contributed by atoms with Crippen molar-refractivity contribution in [3.8, 4) is 0 Å². The molecule has 0 saturated carbocycles. The molecule has 1 aromatic heterocycles. The van der Waals surface area contributed by atoms with Crippen LogP contribution in [0, 0.1) is 0 Å². The van der Waals surface area contributed by atoms with Crippen molar-refractivity contribution in [1.29, 1.82) is 0 Å². The van der Waals surface area contributed by atoms with E-state index in [-0.39, 0.29) is 0 Å². The molecule has 0 unspecified atom stereocenters. The quantitative estimate of drug-likeness (QED) is 0.556. The van der Waals surface area contributed by atoms with E-state index in [1.165, 1.54) is 16.2 Å². The van der Waals surface area contributed by atoms with Crippen LogP contribution in [-0.4, -0.2) is 68.0 Å². The van der Waals surface area contributed by atoms with Crippen LogP contribution in [0.4, 0.5) is 11.9 Å². The van der Waals surface area contributed by atoms with E-state index >= 15 is 0 Å². The molecule has 1 aliphatic rings. The molecule has 3 rings (SSSR count). The minimum atomic E-state index is 0.341. The van der Waals surface area contributed by atoms with Crippen molar-refractivity contribution in [2.75, 3.05) is 43.9 Å². The molecular formula is C18H26N6Se. The van der Waals surface area contributed by atoms with Crippen LogP contribution < -0.4 is 10.6 Å². The third-order valence-electron chi connectivity index (χ3n) is 4.27. The number of benzene rings is 1. The SMILES string of the molecule is CN1CCN(c2nc(N)nc(CCC[Se]Cc3ccccc3)n2)CC1. The Balaban J connectivity index is 1.47. The molecule has 134 valence electrons. The van der Waals surface area contributed by atoms with Gasteiger partial charge in [-0.1, -0.05) is 0 Å². The first-order valence-corrected chi connectivity index (χ1v) is 11.2. The Morgan fingerprint density at radius 1 is 1.04 bits per heavy atom. The van der Waals surface area contributed by atoms with Crippen LogP contribution in [0.5, 0.6) is 0 Å². The Morgan fingerprint density at radius 3 is 2.56 bits per heavy atom. The predicted octanol–water partition coefficient (Wildman–Crippen LogP) is 1.46. The standard InChI is InChI=1S/C18H26N6Se/c1-23-9-11-24(12-10-23)18-21-16(20-17(19)22-18)8-5-13-25-14-15-6-3-2-4-7-15/h2-4,6-7H,5,8-14H2,1H3,(H2,19,20,21,22). The van der Waals surface area contributed by atoms with Gasteiger partial charge in [0.15, 0.2) is 0 Å². The third kappa shape index (κ3) is 5.66. The van der Waals surface area contributed by atoms with Gasteiger partial charge in [-0.2, -0.15) is 0 Å². The van der Waals surface area contributed by atoms with Gasteiger partial charge < -0.3 is 0 Å². The van der Waals surface area contributed by atoms with Gasteiger partial charge in [-0.3, -0.25) is 0 Å². The summed E-state index contributed by atoms with van der Waals surface area (Å²) in [6.45, 7) is 3.95. The zero-order valence-corrected chi connectivity index (χ0v) is 16.5. The Kier molecular flexibility index (Phi) is 6.61. The number of hydrogen-bond acceptors (Lipinski definition) is 6. The number of anilines is 2. The molecule has 7 heteroatoms. The summed E-state index contributed by atoms with van der Waals surface area (Å²) in [6.07, 6.45) is 1.99. The fraction of sp³-hybridized carbons (Fsp3) is 0.500. The molecule has 6 nitrogen and oxygen atoms in total. The average Bonchev–Trinajstić information content (AvgIpc) is 2.62. The molecule has 2 heterocycles. The van der Waals surface area contributed by atoms with Crippen LogP contribution in [0.2, 0.25) is 5.32 Å². The van der Waals surface area contributed by atoms with E-state index in [0.717, 1.165) is 50.8 Å². The van der Waals surface area contributed by atoms with Crippen molar-refractivity contribution >= 4 is 26.9 Å². The van der Waals surface area contributed by atoms with E-state index in [1.54, 1.807) is 0 Å². The van der Waals surface area contributed by atoms with Gasteiger partial charge >= 0.3 is 156 Å². The van der Waals surface area contributed by atoms with E-state index in [1.807, 2.05) is 0 Å². The van der Waals surface area contributed by atoms with Crippen LogP contribution in [0.25, 0.3) is 0 Å². The van der Waals surface area contributed by atoms with Gasteiger partial charge in [-0.15, -0.1) is 0 Å². The van der Waals surface area contributed by atoms with Crippen LogP contribution in [0.1, 0.15) is 17.8 Å². The second kappa shape index (κ2) is 9.13. The molecule has 1 saturated heterocycles. The molecule has 0 aliphatic carbocycles. The maximum atomic E-state index is 5.90. The number of piperazine rings is 1. The van der Waals surface area contributed by atoms with Gasteiger partial charge in [0.05, 0.1) is 0 Å². The molecule has 2 aromatic rings. The average molecular weight is 405 g/mol. The Morgan fingerprint density at radius 2 is 1.80 bits per heavy atom. The monoisotopic (exact) mass is 406 g/mol. The van der Waals surface area contributed by atoms with Gasteiger partial charge in [-0.25, -0.2) is 0 Å². The first-order valence-electron chi connectivity index (χ1n) is 8.76. The third-order valence-corrected chi connectivity index (χ3v) is 6.61. The molecule has 0 amide bonds. The zero-order chi connectivity index (χ0) is 17.5. The first kappa shape index (κ1) is 18.1. The van der Waals surface area contributed by atoms with Crippen molar-refractivity contribution in [2.45, 2.75) is 23.5 Å². The van der Waals surface area contributed by atoms with Gasteiger partial charge in [0.2, 0.25) is 0 Å². The van der Waals surface area contributed by atoms with Crippen molar-refractivity contribution < 1.29 is 0 Å². The minimum absolute atomic E-state index is 0.341. The van der Waals surface area contributed by atoms with Crippen LogP contribution >= 0.6 is 0 Å². The molecule has 0 radical (unpaired) electrons. The zero-order valence-electron chi connectivity index (χ0n) is 14.8. The molecule has 1 fully saturated rings. The summed E-state index contributed by atoms with van der Waals surface area (Å²) in [5.74, 6) is 1.91. The predicted molar refractivity (Wildman–Crippen MR) is 103 cm³/mol. The Bertz CT molecular complexity index is 658. The molecule has 25 heavy (non-hydrogen) atoms. The molecule has 0 bridgehead atoms. The van der Waals surface area contributed by atoms with Gasteiger partial charge in [0.1, 0.15) is 0 Å². The fourth-order valence-electron chi connectivity index (χ4n) is 2.78. The van der Waals surface area contributed by atoms with Crippen molar-refractivity contribution in [3.05, 3.63) is 41.7 Å². The van der Waals surface area contributed by atoms with Crippen LogP contribution in [0.3, 0.4) is 0 Å². The number of likely N-dealkylation sites (N-methyl/N-ethyl adjacent to an activating group) is 1. The first-order chi connectivity index (χ1) is 12.2. The molecule has 1 aliphatic heterocycles. The normalized spacial score (nSPS) is 15.5. The Labute approximate surface area is 156 Å². The summed E-state index contributed by atoms with van der Waals surface area (Å²) in [6, 6.07) is 10.7. The van der Waals surface area contributed by atoms with E-state index in [2.05, 4.69) is 62.1 Å². The second-order valence-electron chi connectivity index (χ2n) is 6.34. The Hall–Kier alpha value is -1.69. The number of rotatable bonds is 7. The molecule has 2 N–H and O–H groups in total. The van der Waals surface area contributed by atoms with E-state index in [0.29, 0.717) is 20.9 Å². The summed E-state index contributed by atoms with van der Waals surface area (Å²) in [7, 11) is 2.14. The van der Waals surface area contributed by atoms with E-state index in [9.17, 15) is 0 Å².